The van der Waals surface area contributed by atoms with E-state index in [0.717, 1.165) is 6.42 Å². The highest BCUT2D eigenvalue weighted by molar-refractivity contribution is 5.85. The van der Waals surface area contributed by atoms with Gasteiger partial charge in [-0.1, -0.05) is 25.7 Å². The van der Waals surface area contributed by atoms with E-state index in [1.165, 1.54) is 32.1 Å². The van der Waals surface area contributed by atoms with Crippen LogP contribution in [0.2, 0.25) is 0 Å². The van der Waals surface area contributed by atoms with Crippen LogP contribution in [0.3, 0.4) is 0 Å². The number of carbonyl (C=O) groups is 1. The highest BCUT2D eigenvalue weighted by Gasteiger charge is 2.38. The van der Waals surface area contributed by atoms with Gasteiger partial charge in [0.25, 0.3) is 0 Å². The maximum Gasteiger partial charge on any atom is 0.225 e. The van der Waals surface area contributed by atoms with Crippen LogP contribution in [-0.4, -0.2) is 11.9 Å². The minimum Gasteiger partial charge on any atom is -0.352 e. The summed E-state index contributed by atoms with van der Waals surface area (Å²) < 4.78 is 0. The van der Waals surface area contributed by atoms with Gasteiger partial charge in [0.1, 0.15) is 0 Å². The second-order valence-electron chi connectivity index (χ2n) is 3.71. The Bertz CT molecular complexity index is 167. The quantitative estimate of drug-likeness (QED) is 0.524. The van der Waals surface area contributed by atoms with Crippen LogP contribution in [0.5, 0.6) is 0 Å². The molecule has 2 aliphatic rings. The molecule has 0 aromatic heterocycles. The molecule has 2 atom stereocenters. The molecule has 0 aromatic rings. The highest BCUT2D eigenvalue weighted by Crippen LogP contribution is 2.28. The SMILES string of the molecule is O=C1N[C@H]2CCCCCCC12. The highest BCUT2D eigenvalue weighted by atomic mass is 16.2. The normalized spacial score (nSPS) is 37.6. The Balaban J connectivity index is 1.92. The molecule has 0 spiro atoms. The number of carbonyl (C=O) groups excluding carboxylic acids is 1. The van der Waals surface area contributed by atoms with Gasteiger partial charge in [0.05, 0.1) is 5.92 Å². The second kappa shape index (κ2) is 2.84. The Morgan fingerprint density at radius 1 is 1.09 bits per heavy atom. The first-order valence-electron chi connectivity index (χ1n) is 4.68. The Morgan fingerprint density at radius 3 is 2.55 bits per heavy atom. The van der Waals surface area contributed by atoms with Gasteiger partial charge in [0.2, 0.25) is 5.91 Å². The van der Waals surface area contributed by atoms with E-state index in [-0.39, 0.29) is 0 Å². The largest absolute Gasteiger partial charge is 0.352 e. The summed E-state index contributed by atoms with van der Waals surface area (Å²) in [5.74, 6) is 0.687. The fourth-order valence-corrected chi connectivity index (χ4v) is 2.16. The van der Waals surface area contributed by atoms with Crippen LogP contribution < -0.4 is 5.32 Å². The van der Waals surface area contributed by atoms with Crippen molar-refractivity contribution in [3.8, 4) is 0 Å². The van der Waals surface area contributed by atoms with Gasteiger partial charge in [-0.3, -0.25) is 4.79 Å². The third-order valence-electron chi connectivity index (χ3n) is 2.93. The van der Waals surface area contributed by atoms with Gasteiger partial charge in [-0.2, -0.15) is 0 Å². The van der Waals surface area contributed by atoms with Gasteiger partial charge in [0, 0.05) is 6.04 Å². The summed E-state index contributed by atoms with van der Waals surface area (Å²) in [7, 11) is 0. The van der Waals surface area contributed by atoms with Crippen molar-refractivity contribution < 1.29 is 4.79 Å². The van der Waals surface area contributed by atoms with Gasteiger partial charge >= 0.3 is 0 Å². The molecule has 1 heterocycles. The molecule has 1 saturated carbocycles. The van der Waals surface area contributed by atoms with Crippen LogP contribution in [0.25, 0.3) is 0 Å². The summed E-state index contributed by atoms with van der Waals surface area (Å²) in [6.45, 7) is 0. The van der Waals surface area contributed by atoms with Crippen LogP contribution in [0, 0.1) is 5.92 Å². The molecule has 2 fully saturated rings. The van der Waals surface area contributed by atoms with E-state index < -0.39 is 0 Å². The van der Waals surface area contributed by atoms with Crippen LogP contribution >= 0.6 is 0 Å². The lowest BCUT2D eigenvalue weighted by atomic mass is 9.81. The van der Waals surface area contributed by atoms with E-state index in [0.29, 0.717) is 17.9 Å². The number of amides is 1. The summed E-state index contributed by atoms with van der Waals surface area (Å²) in [5.41, 5.74) is 0. The third kappa shape index (κ3) is 1.26. The van der Waals surface area contributed by atoms with Gasteiger partial charge in [-0.25, -0.2) is 0 Å². The molecule has 11 heavy (non-hydrogen) atoms. The van der Waals surface area contributed by atoms with Crippen molar-refractivity contribution in [3.63, 3.8) is 0 Å². The van der Waals surface area contributed by atoms with Crippen molar-refractivity contribution in [1.82, 2.24) is 5.32 Å². The first-order valence-corrected chi connectivity index (χ1v) is 4.68. The first kappa shape index (κ1) is 7.14. The van der Waals surface area contributed by atoms with Crippen molar-refractivity contribution in [2.45, 2.75) is 44.6 Å². The number of hydrogen-bond acceptors (Lipinski definition) is 1. The third-order valence-corrected chi connectivity index (χ3v) is 2.93. The monoisotopic (exact) mass is 153 g/mol. The van der Waals surface area contributed by atoms with Gasteiger partial charge < -0.3 is 5.32 Å². The summed E-state index contributed by atoms with van der Waals surface area (Å²) in [5, 5.41) is 2.97. The second-order valence-corrected chi connectivity index (χ2v) is 3.71. The predicted octanol–water partition coefficient (Wildman–Crippen LogP) is 1.46. The van der Waals surface area contributed by atoms with Crippen molar-refractivity contribution >= 4 is 5.91 Å². The maximum absolute atomic E-state index is 11.0. The van der Waals surface area contributed by atoms with E-state index in [9.17, 15) is 4.79 Å². The summed E-state index contributed by atoms with van der Waals surface area (Å²) in [6, 6.07) is 0.544. The fraction of sp³-hybridized carbons (Fsp3) is 0.889. The lowest BCUT2D eigenvalue weighted by Crippen LogP contribution is -2.58. The van der Waals surface area contributed by atoms with Gasteiger partial charge in [-0.05, 0) is 12.8 Å². The molecular formula is C9H15NO. The number of hydrogen-bond donors (Lipinski definition) is 1. The molecule has 0 aromatic carbocycles. The van der Waals surface area contributed by atoms with Crippen LogP contribution in [0.15, 0.2) is 0 Å². The zero-order valence-corrected chi connectivity index (χ0v) is 6.81. The van der Waals surface area contributed by atoms with E-state index in [4.69, 9.17) is 0 Å². The molecule has 2 nitrogen and oxygen atoms in total. The minimum atomic E-state index is 0.303. The standard InChI is InChI=1S/C9H15NO/c11-9-7-5-3-1-2-4-6-8(7)10-9/h7-8H,1-6H2,(H,10,11)/t7?,8-/m0/s1. The lowest BCUT2D eigenvalue weighted by Gasteiger charge is -2.38. The molecule has 0 bridgehead atoms. The fourth-order valence-electron chi connectivity index (χ4n) is 2.16. The average molecular weight is 153 g/mol. The van der Waals surface area contributed by atoms with Crippen LogP contribution in [0.4, 0.5) is 0 Å². The Morgan fingerprint density at radius 2 is 1.82 bits per heavy atom. The predicted molar refractivity (Wildman–Crippen MR) is 43.1 cm³/mol. The molecule has 1 N–H and O–H groups in total. The molecule has 1 aliphatic carbocycles. The van der Waals surface area contributed by atoms with Gasteiger partial charge in [0.15, 0.2) is 0 Å². The smallest absolute Gasteiger partial charge is 0.225 e. The van der Waals surface area contributed by atoms with Crippen molar-refractivity contribution in [2.24, 2.45) is 5.92 Å². The Labute approximate surface area is 67.4 Å². The summed E-state index contributed by atoms with van der Waals surface area (Å²) in [4.78, 5) is 11.0. The first-order chi connectivity index (χ1) is 5.38. The Hall–Kier alpha value is -0.530. The van der Waals surface area contributed by atoms with E-state index in [1.54, 1.807) is 0 Å². The average Bonchev–Trinajstić information content (AvgIpc) is 1.96. The molecule has 1 saturated heterocycles. The molecule has 2 heteroatoms. The number of fused-ring (bicyclic) bond motifs is 1. The molecule has 62 valence electrons. The molecule has 1 aliphatic heterocycles. The van der Waals surface area contributed by atoms with E-state index in [1.807, 2.05) is 0 Å². The number of nitrogens with one attached hydrogen (secondary N) is 1. The zero-order valence-electron chi connectivity index (χ0n) is 6.81. The zero-order chi connectivity index (χ0) is 7.68. The molecule has 2 rings (SSSR count). The molecule has 1 unspecified atom stereocenters. The van der Waals surface area contributed by atoms with Crippen molar-refractivity contribution in [2.75, 3.05) is 0 Å². The van der Waals surface area contributed by atoms with Crippen LogP contribution in [0.1, 0.15) is 38.5 Å². The van der Waals surface area contributed by atoms with Crippen LogP contribution in [-0.2, 0) is 4.79 Å². The number of rotatable bonds is 0. The summed E-state index contributed by atoms with van der Waals surface area (Å²) >= 11 is 0. The van der Waals surface area contributed by atoms with E-state index in [2.05, 4.69) is 5.32 Å². The maximum atomic E-state index is 11.0. The van der Waals surface area contributed by atoms with Gasteiger partial charge in [-0.15, -0.1) is 0 Å². The molecule has 1 amide bonds. The molecule has 0 radical (unpaired) electrons. The Kier molecular flexibility index (Phi) is 1.84. The van der Waals surface area contributed by atoms with E-state index >= 15 is 0 Å². The minimum absolute atomic E-state index is 0.303. The van der Waals surface area contributed by atoms with Crippen molar-refractivity contribution in [1.29, 1.82) is 0 Å². The molecular weight excluding hydrogens is 138 g/mol. The van der Waals surface area contributed by atoms with Crippen molar-refractivity contribution in [3.05, 3.63) is 0 Å². The topological polar surface area (TPSA) is 29.1 Å². The summed E-state index contributed by atoms with van der Waals surface area (Å²) in [6.07, 6.45) is 7.61. The number of β-lactam (4-membered cyclic amide) rings is 1. The lowest BCUT2D eigenvalue weighted by molar-refractivity contribution is -0.135.